The Labute approximate surface area is 144 Å². The molecule has 0 saturated carbocycles. The van der Waals surface area contributed by atoms with Gasteiger partial charge in [-0.05, 0) is 39.0 Å². The Morgan fingerprint density at radius 2 is 2.08 bits per heavy atom. The fourth-order valence-electron chi connectivity index (χ4n) is 2.45. The molecule has 6 nitrogen and oxygen atoms in total. The number of benzene rings is 1. The van der Waals surface area contributed by atoms with Gasteiger partial charge in [0.15, 0.2) is 0 Å². The summed E-state index contributed by atoms with van der Waals surface area (Å²) in [6, 6.07) is 7.26. The van der Waals surface area contributed by atoms with E-state index in [1.807, 2.05) is 26.0 Å². The molecular weight excluding hydrogens is 328 g/mol. The first-order valence-corrected chi connectivity index (χ1v) is 7.91. The summed E-state index contributed by atoms with van der Waals surface area (Å²) in [6.07, 6.45) is 1.39. The second-order valence-electron chi connectivity index (χ2n) is 5.70. The second kappa shape index (κ2) is 6.49. The largest absolute Gasteiger partial charge is 0.442 e. The monoisotopic (exact) mass is 344 g/mol. The van der Waals surface area contributed by atoms with E-state index in [0.717, 1.165) is 5.69 Å². The maximum Gasteiger partial charge on any atom is 0.255 e. The fraction of sp³-hybridized carbons (Fsp3) is 0.235. The van der Waals surface area contributed by atoms with E-state index in [2.05, 4.69) is 20.6 Å². The molecule has 0 atom stereocenters. The Morgan fingerprint density at radius 3 is 2.79 bits per heavy atom. The number of aryl methyl sites for hydroxylation is 1. The Balaban J connectivity index is 2.10. The first kappa shape index (κ1) is 16.3. The summed E-state index contributed by atoms with van der Waals surface area (Å²) in [5, 5.41) is 7.20. The molecule has 1 amide bonds. The first-order valence-electron chi connectivity index (χ1n) is 7.53. The molecule has 0 unspecified atom stereocenters. The topological polar surface area (TPSA) is 80.1 Å². The van der Waals surface area contributed by atoms with Gasteiger partial charge in [-0.1, -0.05) is 17.7 Å². The molecule has 7 heteroatoms. The van der Waals surface area contributed by atoms with Gasteiger partial charge < -0.3 is 15.1 Å². The van der Waals surface area contributed by atoms with Crippen molar-refractivity contribution in [3.8, 4) is 0 Å². The van der Waals surface area contributed by atoms with Crippen LogP contribution in [0.4, 0.5) is 11.5 Å². The number of rotatable bonds is 4. The standard InChI is InChI=1S/C17H17ClN4O2/c1-9(2)21-16(23)13-10(3)24-17-14(13)15(19-8-20-17)22-12-6-4-5-11(18)7-12/h4-9H,1-3H3,(H,21,23)(H,19,20,22). The summed E-state index contributed by atoms with van der Waals surface area (Å²) < 4.78 is 5.63. The molecule has 3 aromatic rings. The van der Waals surface area contributed by atoms with E-state index < -0.39 is 0 Å². The summed E-state index contributed by atoms with van der Waals surface area (Å²) in [5.74, 6) is 0.774. The molecule has 0 aliphatic rings. The van der Waals surface area contributed by atoms with Crippen LogP contribution in [0, 0.1) is 6.92 Å². The van der Waals surface area contributed by atoms with Crippen LogP contribution in [0.5, 0.6) is 0 Å². The predicted octanol–water partition coefficient (Wildman–Crippen LogP) is 4.07. The molecule has 2 heterocycles. The van der Waals surface area contributed by atoms with E-state index in [9.17, 15) is 4.79 Å². The summed E-state index contributed by atoms with van der Waals surface area (Å²) in [4.78, 5) is 20.9. The van der Waals surface area contributed by atoms with E-state index in [1.165, 1.54) is 6.33 Å². The van der Waals surface area contributed by atoms with E-state index in [-0.39, 0.29) is 11.9 Å². The van der Waals surface area contributed by atoms with Crippen molar-refractivity contribution in [1.29, 1.82) is 0 Å². The number of carbonyl (C=O) groups is 1. The highest BCUT2D eigenvalue weighted by Gasteiger charge is 2.23. The lowest BCUT2D eigenvalue weighted by atomic mass is 10.1. The van der Waals surface area contributed by atoms with Gasteiger partial charge in [0.1, 0.15) is 17.9 Å². The van der Waals surface area contributed by atoms with Crippen molar-refractivity contribution in [1.82, 2.24) is 15.3 Å². The van der Waals surface area contributed by atoms with E-state index in [1.54, 1.807) is 19.1 Å². The van der Waals surface area contributed by atoms with Gasteiger partial charge in [0.05, 0.1) is 10.9 Å². The molecule has 24 heavy (non-hydrogen) atoms. The van der Waals surface area contributed by atoms with Gasteiger partial charge in [-0.2, -0.15) is 0 Å². The van der Waals surface area contributed by atoms with Crippen molar-refractivity contribution < 1.29 is 9.21 Å². The minimum absolute atomic E-state index is 0.0100. The Hall–Kier alpha value is -2.60. The van der Waals surface area contributed by atoms with Crippen molar-refractivity contribution >= 4 is 40.1 Å². The number of halogens is 1. The zero-order chi connectivity index (χ0) is 17.3. The van der Waals surface area contributed by atoms with Crippen molar-refractivity contribution in [2.45, 2.75) is 26.8 Å². The summed E-state index contributed by atoms with van der Waals surface area (Å²) in [6.45, 7) is 5.54. The number of aromatic nitrogens is 2. The van der Waals surface area contributed by atoms with Crippen molar-refractivity contribution in [3.05, 3.63) is 46.9 Å². The number of hydrogen-bond donors (Lipinski definition) is 2. The highest BCUT2D eigenvalue weighted by molar-refractivity contribution is 6.30. The molecule has 0 saturated heterocycles. The molecule has 3 rings (SSSR count). The quantitative estimate of drug-likeness (QED) is 0.745. The molecule has 0 aliphatic carbocycles. The molecular formula is C17H17ClN4O2. The zero-order valence-corrected chi connectivity index (χ0v) is 14.3. The Morgan fingerprint density at radius 1 is 1.29 bits per heavy atom. The number of nitrogens with one attached hydrogen (secondary N) is 2. The second-order valence-corrected chi connectivity index (χ2v) is 6.14. The number of anilines is 2. The molecule has 124 valence electrons. The molecule has 2 aromatic heterocycles. The van der Waals surface area contributed by atoms with Crippen LogP contribution in [-0.2, 0) is 0 Å². The molecule has 0 spiro atoms. The average Bonchev–Trinajstić information content (AvgIpc) is 2.83. The number of nitrogens with zero attached hydrogens (tertiary/aromatic N) is 2. The summed E-state index contributed by atoms with van der Waals surface area (Å²) in [7, 11) is 0. The highest BCUT2D eigenvalue weighted by Crippen LogP contribution is 2.31. The summed E-state index contributed by atoms with van der Waals surface area (Å²) in [5.41, 5.74) is 1.56. The molecule has 0 radical (unpaired) electrons. The molecule has 0 aliphatic heterocycles. The van der Waals surface area contributed by atoms with E-state index in [0.29, 0.717) is 33.3 Å². The molecule has 1 aromatic carbocycles. The SMILES string of the molecule is Cc1oc2ncnc(Nc3cccc(Cl)c3)c2c1C(=O)NC(C)C. The smallest absolute Gasteiger partial charge is 0.255 e. The van der Waals surface area contributed by atoms with Crippen LogP contribution in [0.25, 0.3) is 11.1 Å². The predicted molar refractivity (Wildman–Crippen MR) is 93.9 cm³/mol. The molecule has 0 bridgehead atoms. The van der Waals surface area contributed by atoms with Crippen LogP contribution in [-0.4, -0.2) is 21.9 Å². The number of hydrogen-bond acceptors (Lipinski definition) is 5. The first-order chi connectivity index (χ1) is 11.5. The summed E-state index contributed by atoms with van der Waals surface area (Å²) >= 11 is 6.02. The lowest BCUT2D eigenvalue weighted by Gasteiger charge is -2.10. The van der Waals surface area contributed by atoms with Gasteiger partial charge in [0, 0.05) is 16.8 Å². The van der Waals surface area contributed by atoms with Crippen LogP contribution in [0.1, 0.15) is 30.0 Å². The normalized spacial score (nSPS) is 11.0. The lowest BCUT2D eigenvalue weighted by molar-refractivity contribution is 0.0943. The van der Waals surface area contributed by atoms with Gasteiger partial charge in [-0.15, -0.1) is 0 Å². The third-order valence-corrected chi connectivity index (χ3v) is 3.63. The van der Waals surface area contributed by atoms with Gasteiger partial charge >= 0.3 is 0 Å². The average molecular weight is 345 g/mol. The minimum atomic E-state index is -0.217. The Kier molecular flexibility index (Phi) is 4.40. The van der Waals surface area contributed by atoms with Gasteiger partial charge in [0.2, 0.25) is 5.71 Å². The van der Waals surface area contributed by atoms with Gasteiger partial charge in [0.25, 0.3) is 5.91 Å². The highest BCUT2D eigenvalue weighted by atomic mass is 35.5. The van der Waals surface area contributed by atoms with Crippen molar-refractivity contribution in [3.63, 3.8) is 0 Å². The van der Waals surface area contributed by atoms with Crippen LogP contribution >= 0.6 is 11.6 Å². The maximum atomic E-state index is 12.5. The third kappa shape index (κ3) is 3.19. The van der Waals surface area contributed by atoms with Crippen LogP contribution < -0.4 is 10.6 Å². The van der Waals surface area contributed by atoms with Gasteiger partial charge in [-0.3, -0.25) is 4.79 Å². The number of furan rings is 1. The van der Waals surface area contributed by atoms with Crippen LogP contribution in [0.2, 0.25) is 5.02 Å². The van der Waals surface area contributed by atoms with Crippen molar-refractivity contribution in [2.24, 2.45) is 0 Å². The minimum Gasteiger partial charge on any atom is -0.442 e. The van der Waals surface area contributed by atoms with Gasteiger partial charge in [-0.25, -0.2) is 9.97 Å². The number of carbonyl (C=O) groups excluding carboxylic acids is 1. The van der Waals surface area contributed by atoms with Crippen LogP contribution in [0.3, 0.4) is 0 Å². The van der Waals surface area contributed by atoms with E-state index >= 15 is 0 Å². The van der Waals surface area contributed by atoms with E-state index in [4.69, 9.17) is 16.0 Å². The number of fused-ring (bicyclic) bond motifs is 1. The lowest BCUT2D eigenvalue weighted by Crippen LogP contribution is -2.30. The van der Waals surface area contributed by atoms with Crippen molar-refractivity contribution in [2.75, 3.05) is 5.32 Å². The number of amides is 1. The maximum absolute atomic E-state index is 12.5. The molecule has 2 N–H and O–H groups in total. The molecule has 0 fully saturated rings. The third-order valence-electron chi connectivity index (χ3n) is 3.40. The zero-order valence-electron chi connectivity index (χ0n) is 13.6. The van der Waals surface area contributed by atoms with Crippen LogP contribution in [0.15, 0.2) is 35.0 Å². The fourth-order valence-corrected chi connectivity index (χ4v) is 2.64. The Bertz CT molecular complexity index is 905.